The Morgan fingerprint density at radius 2 is 2.00 bits per heavy atom. The van der Waals surface area contributed by atoms with Gasteiger partial charge in [0.15, 0.2) is 0 Å². The average molecular weight is 400 g/mol. The SMILES string of the molecule is Cc1cnc(Cn2cnc(C)c(I)c2=O)c(C)c1[N+](=O)[O-]. The molecule has 0 aliphatic carbocycles. The summed E-state index contributed by atoms with van der Waals surface area (Å²) in [6, 6.07) is 0. The number of pyridine rings is 1. The van der Waals surface area contributed by atoms with Gasteiger partial charge in [-0.3, -0.25) is 24.5 Å². The van der Waals surface area contributed by atoms with Crippen LogP contribution in [-0.2, 0) is 6.54 Å². The summed E-state index contributed by atoms with van der Waals surface area (Å²) in [6.07, 6.45) is 2.89. The lowest BCUT2D eigenvalue weighted by molar-refractivity contribution is -0.386. The first-order valence-electron chi connectivity index (χ1n) is 6.14. The summed E-state index contributed by atoms with van der Waals surface area (Å²) in [5.74, 6) is 0. The number of halogens is 1. The van der Waals surface area contributed by atoms with E-state index in [0.717, 1.165) is 0 Å². The van der Waals surface area contributed by atoms with Crippen molar-refractivity contribution in [2.75, 3.05) is 0 Å². The van der Waals surface area contributed by atoms with Crippen LogP contribution in [-0.4, -0.2) is 19.5 Å². The third-order valence-electron chi connectivity index (χ3n) is 3.24. The maximum atomic E-state index is 12.1. The minimum atomic E-state index is -0.421. The van der Waals surface area contributed by atoms with Crippen LogP contribution in [0.3, 0.4) is 0 Å². The van der Waals surface area contributed by atoms with E-state index in [-0.39, 0.29) is 17.8 Å². The second-order valence-corrected chi connectivity index (χ2v) is 5.77. The van der Waals surface area contributed by atoms with Crippen molar-refractivity contribution >= 4 is 28.3 Å². The van der Waals surface area contributed by atoms with E-state index in [1.54, 1.807) is 20.8 Å². The van der Waals surface area contributed by atoms with Gasteiger partial charge in [0.05, 0.1) is 38.3 Å². The van der Waals surface area contributed by atoms with Crippen molar-refractivity contribution in [2.24, 2.45) is 0 Å². The minimum absolute atomic E-state index is 0.0443. The Kier molecular flexibility index (Phi) is 4.35. The van der Waals surface area contributed by atoms with Crippen LogP contribution in [0.15, 0.2) is 17.3 Å². The van der Waals surface area contributed by atoms with Crippen molar-refractivity contribution < 1.29 is 4.92 Å². The fraction of sp³-hybridized carbons (Fsp3) is 0.308. The van der Waals surface area contributed by atoms with E-state index in [1.807, 2.05) is 22.6 Å². The van der Waals surface area contributed by atoms with Gasteiger partial charge in [-0.2, -0.15) is 0 Å². The van der Waals surface area contributed by atoms with E-state index < -0.39 is 4.92 Å². The second-order valence-electron chi connectivity index (χ2n) is 4.70. The highest BCUT2D eigenvalue weighted by Crippen LogP contribution is 2.24. The van der Waals surface area contributed by atoms with Gasteiger partial charge in [-0.25, -0.2) is 4.98 Å². The summed E-state index contributed by atoms with van der Waals surface area (Å²) in [5, 5.41) is 11.1. The predicted octanol–water partition coefficient (Wildman–Crippen LogP) is 2.12. The Labute approximate surface area is 134 Å². The molecule has 0 aromatic carbocycles. The Morgan fingerprint density at radius 1 is 1.33 bits per heavy atom. The van der Waals surface area contributed by atoms with Crippen LogP contribution in [0.5, 0.6) is 0 Å². The summed E-state index contributed by atoms with van der Waals surface area (Å²) in [5.41, 5.74) is 2.01. The summed E-state index contributed by atoms with van der Waals surface area (Å²) in [7, 11) is 0. The van der Waals surface area contributed by atoms with E-state index in [4.69, 9.17) is 0 Å². The molecule has 2 aromatic heterocycles. The third-order valence-corrected chi connectivity index (χ3v) is 4.48. The zero-order valence-corrected chi connectivity index (χ0v) is 13.9. The molecular formula is C13H13IN4O3. The molecule has 0 amide bonds. The fourth-order valence-electron chi connectivity index (χ4n) is 2.03. The average Bonchev–Trinajstić information content (AvgIpc) is 2.42. The molecule has 0 bridgehead atoms. The van der Waals surface area contributed by atoms with Crippen molar-refractivity contribution in [1.82, 2.24) is 14.5 Å². The normalized spacial score (nSPS) is 10.7. The molecule has 8 heteroatoms. The van der Waals surface area contributed by atoms with Gasteiger partial charge >= 0.3 is 0 Å². The van der Waals surface area contributed by atoms with Crippen molar-refractivity contribution in [3.63, 3.8) is 0 Å². The molecule has 2 aromatic rings. The maximum absolute atomic E-state index is 12.1. The first-order valence-corrected chi connectivity index (χ1v) is 7.21. The smallest absolute Gasteiger partial charge is 0.278 e. The Morgan fingerprint density at radius 3 is 2.62 bits per heavy atom. The quantitative estimate of drug-likeness (QED) is 0.447. The predicted molar refractivity (Wildman–Crippen MR) is 85.4 cm³/mol. The van der Waals surface area contributed by atoms with Crippen molar-refractivity contribution in [3.05, 3.63) is 59.1 Å². The lowest BCUT2D eigenvalue weighted by Gasteiger charge is -2.10. The number of aryl methyl sites for hydroxylation is 2. The van der Waals surface area contributed by atoms with E-state index in [9.17, 15) is 14.9 Å². The minimum Gasteiger partial charge on any atom is -0.292 e. The van der Waals surface area contributed by atoms with Crippen molar-refractivity contribution in [3.8, 4) is 0 Å². The first-order chi connectivity index (χ1) is 9.82. The van der Waals surface area contributed by atoms with Gasteiger partial charge in [0, 0.05) is 11.8 Å². The molecule has 0 spiro atoms. The molecule has 0 atom stereocenters. The number of aromatic nitrogens is 3. The molecule has 7 nitrogen and oxygen atoms in total. The van der Waals surface area contributed by atoms with Gasteiger partial charge < -0.3 is 0 Å². The summed E-state index contributed by atoms with van der Waals surface area (Å²) in [4.78, 5) is 31.2. The molecule has 0 N–H and O–H groups in total. The molecule has 0 aliphatic rings. The highest BCUT2D eigenvalue weighted by Gasteiger charge is 2.19. The Bertz CT molecular complexity index is 786. The van der Waals surface area contributed by atoms with Crippen LogP contribution in [0.1, 0.15) is 22.5 Å². The van der Waals surface area contributed by atoms with Gasteiger partial charge in [0.2, 0.25) is 0 Å². The van der Waals surface area contributed by atoms with Crippen LogP contribution in [0.4, 0.5) is 5.69 Å². The van der Waals surface area contributed by atoms with Crippen LogP contribution < -0.4 is 5.56 Å². The number of rotatable bonds is 3. The lowest BCUT2D eigenvalue weighted by atomic mass is 10.1. The van der Waals surface area contributed by atoms with Gasteiger partial charge in [-0.05, 0) is 43.4 Å². The van der Waals surface area contributed by atoms with Gasteiger partial charge in [0.1, 0.15) is 0 Å². The zero-order chi connectivity index (χ0) is 15.7. The summed E-state index contributed by atoms with van der Waals surface area (Å²) in [6.45, 7) is 5.21. The fourth-order valence-corrected chi connectivity index (χ4v) is 2.47. The molecule has 0 unspecified atom stereocenters. The van der Waals surface area contributed by atoms with E-state index in [2.05, 4.69) is 9.97 Å². The number of nitrogens with zero attached hydrogens (tertiary/aromatic N) is 4. The molecule has 110 valence electrons. The van der Waals surface area contributed by atoms with E-state index in [1.165, 1.54) is 17.1 Å². The van der Waals surface area contributed by atoms with Crippen LogP contribution >= 0.6 is 22.6 Å². The molecule has 0 aliphatic heterocycles. The number of nitro groups is 1. The van der Waals surface area contributed by atoms with Crippen LogP contribution in [0.25, 0.3) is 0 Å². The van der Waals surface area contributed by atoms with Gasteiger partial charge in [-0.15, -0.1) is 0 Å². The molecular weight excluding hydrogens is 387 g/mol. The summed E-state index contributed by atoms with van der Waals surface area (Å²) >= 11 is 1.94. The lowest BCUT2D eigenvalue weighted by Crippen LogP contribution is -2.25. The topological polar surface area (TPSA) is 90.9 Å². The second kappa shape index (κ2) is 5.88. The monoisotopic (exact) mass is 400 g/mol. The standard InChI is InChI=1S/C13H13IN4O3/c1-7-4-15-10(8(2)12(7)18(20)21)5-17-6-16-9(3)11(14)13(17)19/h4,6H,5H2,1-3H3. The molecule has 2 heterocycles. The van der Waals surface area contributed by atoms with E-state index in [0.29, 0.717) is 26.1 Å². The highest BCUT2D eigenvalue weighted by molar-refractivity contribution is 14.1. The molecule has 2 rings (SSSR count). The number of hydrogen-bond donors (Lipinski definition) is 0. The largest absolute Gasteiger partial charge is 0.292 e. The van der Waals surface area contributed by atoms with Gasteiger partial charge in [-0.1, -0.05) is 0 Å². The molecule has 0 fully saturated rings. The van der Waals surface area contributed by atoms with Crippen molar-refractivity contribution in [2.45, 2.75) is 27.3 Å². The van der Waals surface area contributed by atoms with E-state index >= 15 is 0 Å². The molecule has 21 heavy (non-hydrogen) atoms. The first kappa shape index (κ1) is 15.5. The number of hydrogen-bond acceptors (Lipinski definition) is 5. The summed E-state index contributed by atoms with van der Waals surface area (Å²) < 4.78 is 1.94. The van der Waals surface area contributed by atoms with Gasteiger partial charge in [0.25, 0.3) is 11.2 Å². The van der Waals surface area contributed by atoms with Crippen molar-refractivity contribution in [1.29, 1.82) is 0 Å². The van der Waals surface area contributed by atoms with Crippen LogP contribution in [0.2, 0.25) is 0 Å². The van der Waals surface area contributed by atoms with Crippen LogP contribution in [0, 0.1) is 34.5 Å². The molecule has 0 saturated heterocycles. The molecule has 0 radical (unpaired) electrons. The third kappa shape index (κ3) is 2.94. The maximum Gasteiger partial charge on any atom is 0.278 e. The highest BCUT2D eigenvalue weighted by atomic mass is 127. The Balaban J connectivity index is 2.51. The zero-order valence-electron chi connectivity index (χ0n) is 11.8. The Hall–Kier alpha value is -1.84. The molecule has 0 saturated carbocycles.